The molecular weight excluding hydrogens is 328 g/mol. The van der Waals surface area contributed by atoms with Gasteiger partial charge in [-0.1, -0.05) is 15.9 Å². The van der Waals surface area contributed by atoms with Crippen LogP contribution in [0.1, 0.15) is 5.56 Å². The van der Waals surface area contributed by atoms with E-state index >= 15 is 0 Å². The maximum absolute atomic E-state index is 11.1. The largest absolute Gasteiger partial charge is 0.354 e. The molecule has 0 bridgehead atoms. The number of anilines is 3. The van der Waals surface area contributed by atoms with E-state index < -0.39 is 4.92 Å². The molecule has 0 spiro atoms. The lowest BCUT2D eigenvalue weighted by Gasteiger charge is -2.10. The molecule has 9 heteroatoms. The van der Waals surface area contributed by atoms with E-state index in [1.807, 2.05) is 19.1 Å². The van der Waals surface area contributed by atoms with Crippen molar-refractivity contribution in [3.8, 4) is 0 Å². The molecule has 2 rings (SSSR count). The maximum Gasteiger partial charge on any atom is 0.354 e. The van der Waals surface area contributed by atoms with E-state index in [9.17, 15) is 10.1 Å². The van der Waals surface area contributed by atoms with Gasteiger partial charge in [-0.3, -0.25) is 10.1 Å². The average molecular weight is 339 g/mol. The summed E-state index contributed by atoms with van der Waals surface area (Å²) >= 11 is 3.35. The van der Waals surface area contributed by atoms with Crippen molar-refractivity contribution in [2.24, 2.45) is 5.84 Å². The molecule has 0 atom stereocenters. The molecule has 8 nitrogen and oxygen atoms in total. The zero-order chi connectivity index (χ0) is 14.7. The number of halogens is 1. The van der Waals surface area contributed by atoms with Gasteiger partial charge in [-0.15, -0.1) is 0 Å². The lowest BCUT2D eigenvalue weighted by molar-refractivity contribution is -0.383. The van der Waals surface area contributed by atoms with Crippen molar-refractivity contribution < 1.29 is 4.92 Å². The van der Waals surface area contributed by atoms with Gasteiger partial charge in [0.05, 0.1) is 4.92 Å². The molecule has 0 saturated heterocycles. The summed E-state index contributed by atoms with van der Waals surface area (Å²) in [6.07, 6.45) is 1.19. The highest BCUT2D eigenvalue weighted by atomic mass is 79.9. The Morgan fingerprint density at radius 2 is 2.05 bits per heavy atom. The number of hydrogen-bond acceptors (Lipinski definition) is 7. The quantitative estimate of drug-likeness (QED) is 0.445. The van der Waals surface area contributed by atoms with Crippen LogP contribution in [0.15, 0.2) is 29.0 Å². The first-order valence-corrected chi connectivity index (χ1v) is 6.31. The monoisotopic (exact) mass is 338 g/mol. The summed E-state index contributed by atoms with van der Waals surface area (Å²) in [7, 11) is 0. The van der Waals surface area contributed by atoms with E-state index in [4.69, 9.17) is 5.84 Å². The van der Waals surface area contributed by atoms with Crippen LogP contribution in [0.5, 0.6) is 0 Å². The molecule has 104 valence electrons. The molecule has 0 aliphatic heterocycles. The molecule has 0 amide bonds. The number of hydrogen-bond donors (Lipinski definition) is 3. The summed E-state index contributed by atoms with van der Waals surface area (Å²) in [5, 5.41) is 14.0. The number of aryl methyl sites for hydroxylation is 1. The van der Waals surface area contributed by atoms with Crippen molar-refractivity contribution >= 4 is 38.9 Å². The fourth-order valence-electron chi connectivity index (χ4n) is 1.64. The normalized spacial score (nSPS) is 10.2. The molecule has 0 unspecified atom stereocenters. The molecule has 0 aliphatic rings. The molecule has 1 aromatic carbocycles. The third-order valence-corrected chi connectivity index (χ3v) is 3.08. The second-order valence-electron chi connectivity index (χ2n) is 3.91. The number of rotatable bonds is 4. The molecule has 4 N–H and O–H groups in total. The van der Waals surface area contributed by atoms with Crippen LogP contribution in [0.4, 0.5) is 23.0 Å². The third-order valence-electron chi connectivity index (χ3n) is 2.58. The summed E-state index contributed by atoms with van der Waals surface area (Å²) in [4.78, 5) is 18.1. The Bertz CT molecular complexity index is 663. The Labute approximate surface area is 122 Å². The number of nitrogen functional groups attached to an aromatic ring is 1. The number of benzene rings is 1. The maximum atomic E-state index is 11.1. The third kappa shape index (κ3) is 2.83. The highest BCUT2D eigenvalue weighted by Gasteiger charge is 2.22. The molecule has 1 aromatic heterocycles. The summed E-state index contributed by atoms with van der Waals surface area (Å²) in [5.41, 5.74) is 3.50. The van der Waals surface area contributed by atoms with E-state index in [1.54, 1.807) is 6.07 Å². The van der Waals surface area contributed by atoms with Gasteiger partial charge in [0.15, 0.2) is 0 Å². The Kier molecular flexibility index (Phi) is 4.11. The van der Waals surface area contributed by atoms with Gasteiger partial charge >= 0.3 is 5.69 Å². The first-order chi connectivity index (χ1) is 9.52. The minimum Gasteiger partial charge on any atom is -0.334 e. The van der Waals surface area contributed by atoms with Crippen molar-refractivity contribution in [3.05, 3.63) is 44.7 Å². The molecule has 1 heterocycles. The number of nitrogens with two attached hydrogens (primary N) is 1. The molecule has 20 heavy (non-hydrogen) atoms. The summed E-state index contributed by atoms with van der Waals surface area (Å²) in [6, 6.07) is 5.50. The summed E-state index contributed by atoms with van der Waals surface area (Å²) in [6.45, 7) is 1.88. The van der Waals surface area contributed by atoms with Crippen LogP contribution in [0.3, 0.4) is 0 Å². The molecule has 0 saturated carbocycles. The van der Waals surface area contributed by atoms with Gasteiger partial charge in [0, 0.05) is 10.2 Å². The van der Waals surface area contributed by atoms with Gasteiger partial charge < -0.3 is 10.7 Å². The fourth-order valence-corrected chi connectivity index (χ4v) is 2.12. The predicted octanol–water partition coefficient (Wildman–Crippen LogP) is 2.48. The van der Waals surface area contributed by atoms with E-state index in [0.717, 1.165) is 10.0 Å². The van der Waals surface area contributed by atoms with Crippen molar-refractivity contribution in [3.63, 3.8) is 0 Å². The highest BCUT2D eigenvalue weighted by Crippen LogP contribution is 2.31. The Balaban J connectivity index is 2.45. The fraction of sp³-hybridized carbons (Fsp3) is 0.0909. The summed E-state index contributed by atoms with van der Waals surface area (Å²) in [5.74, 6) is 5.24. The van der Waals surface area contributed by atoms with Crippen molar-refractivity contribution in [1.29, 1.82) is 0 Å². The zero-order valence-electron chi connectivity index (χ0n) is 10.4. The number of nitro groups is 1. The Hall–Kier alpha value is -2.26. The zero-order valence-corrected chi connectivity index (χ0v) is 12.0. The smallest absolute Gasteiger partial charge is 0.334 e. The van der Waals surface area contributed by atoms with Gasteiger partial charge in [0.25, 0.3) is 0 Å². The second-order valence-corrected chi connectivity index (χ2v) is 4.82. The molecule has 0 aliphatic carbocycles. The van der Waals surface area contributed by atoms with Gasteiger partial charge in [0.1, 0.15) is 6.33 Å². The highest BCUT2D eigenvalue weighted by molar-refractivity contribution is 9.10. The Morgan fingerprint density at radius 1 is 1.35 bits per heavy atom. The first kappa shape index (κ1) is 14.2. The van der Waals surface area contributed by atoms with Crippen molar-refractivity contribution in [2.45, 2.75) is 6.92 Å². The standard InChI is InChI=1S/C11H11BrN6O2/c1-6-4-7(12)2-3-8(6)16-10-9(18(19)20)11(17-13)15-5-14-10/h2-5H,13H2,1H3,(H2,14,15,16,17). The van der Waals surface area contributed by atoms with Crippen LogP contribution in [0.2, 0.25) is 0 Å². The van der Waals surface area contributed by atoms with Crippen molar-refractivity contribution in [1.82, 2.24) is 9.97 Å². The van der Waals surface area contributed by atoms with Gasteiger partial charge in [0.2, 0.25) is 11.6 Å². The van der Waals surface area contributed by atoms with Crippen LogP contribution in [-0.2, 0) is 0 Å². The van der Waals surface area contributed by atoms with E-state index in [0.29, 0.717) is 5.69 Å². The van der Waals surface area contributed by atoms with Crippen LogP contribution < -0.4 is 16.6 Å². The number of aromatic nitrogens is 2. The summed E-state index contributed by atoms with van der Waals surface area (Å²) < 4.78 is 0.919. The van der Waals surface area contributed by atoms with E-state index in [-0.39, 0.29) is 17.3 Å². The lowest BCUT2D eigenvalue weighted by atomic mass is 10.2. The van der Waals surface area contributed by atoms with Gasteiger partial charge in [-0.05, 0) is 30.7 Å². The van der Waals surface area contributed by atoms with Crippen LogP contribution in [0.25, 0.3) is 0 Å². The molecule has 0 radical (unpaired) electrons. The van der Waals surface area contributed by atoms with Crippen molar-refractivity contribution in [2.75, 3.05) is 10.7 Å². The Morgan fingerprint density at radius 3 is 2.65 bits per heavy atom. The topological polar surface area (TPSA) is 119 Å². The minimum atomic E-state index is -0.592. The number of nitrogens with zero attached hydrogens (tertiary/aromatic N) is 3. The van der Waals surface area contributed by atoms with Gasteiger partial charge in [-0.2, -0.15) is 0 Å². The van der Waals surface area contributed by atoms with Crippen LogP contribution >= 0.6 is 15.9 Å². The first-order valence-electron chi connectivity index (χ1n) is 5.52. The SMILES string of the molecule is Cc1cc(Br)ccc1Nc1ncnc(NN)c1[N+](=O)[O-]. The van der Waals surface area contributed by atoms with Gasteiger partial charge in [-0.25, -0.2) is 15.8 Å². The average Bonchev–Trinajstić information content (AvgIpc) is 2.41. The van der Waals surface area contributed by atoms with E-state index in [1.165, 1.54) is 6.33 Å². The minimum absolute atomic E-state index is 0.0535. The lowest BCUT2D eigenvalue weighted by Crippen LogP contribution is -2.12. The van der Waals surface area contributed by atoms with Crippen LogP contribution in [-0.4, -0.2) is 14.9 Å². The van der Waals surface area contributed by atoms with E-state index in [2.05, 4.69) is 36.6 Å². The predicted molar refractivity (Wildman–Crippen MR) is 78.7 cm³/mol. The number of hydrazine groups is 1. The number of nitrogens with one attached hydrogen (secondary N) is 2. The molecular formula is C11H11BrN6O2. The molecule has 2 aromatic rings. The van der Waals surface area contributed by atoms with Crippen LogP contribution in [0, 0.1) is 17.0 Å². The second kappa shape index (κ2) is 5.80. The molecule has 0 fully saturated rings.